The average molecular weight is 519 g/mol. The molecule has 0 saturated carbocycles. The van der Waals surface area contributed by atoms with Crippen LogP contribution in [0.1, 0.15) is 34.3 Å². The molecule has 0 fully saturated rings. The van der Waals surface area contributed by atoms with E-state index in [4.69, 9.17) is 14.3 Å². The van der Waals surface area contributed by atoms with Crippen molar-refractivity contribution in [1.29, 1.82) is 0 Å². The lowest BCUT2D eigenvalue weighted by Gasteiger charge is -2.12. The van der Waals surface area contributed by atoms with Crippen LogP contribution in [0.3, 0.4) is 0 Å². The fourth-order valence-electron chi connectivity index (χ4n) is 5.08. The van der Waals surface area contributed by atoms with Crippen molar-refractivity contribution in [2.75, 3.05) is 12.4 Å². The molecule has 0 aliphatic heterocycles. The van der Waals surface area contributed by atoms with Crippen LogP contribution in [-0.4, -0.2) is 29.0 Å². The molecule has 0 spiro atoms. The Labute approximate surface area is 224 Å². The third-order valence-corrected chi connectivity index (χ3v) is 6.98. The van der Waals surface area contributed by atoms with Crippen LogP contribution >= 0.6 is 0 Å². The number of carboxylic acid groups (broad SMARTS) is 1. The average Bonchev–Trinajstić information content (AvgIpc) is 3.54. The van der Waals surface area contributed by atoms with Gasteiger partial charge in [0.2, 0.25) is 0 Å². The molecule has 0 aliphatic carbocycles. The molecule has 0 aliphatic rings. The first-order valence-corrected chi connectivity index (χ1v) is 12.7. The number of carbonyl (C=O) groups is 2. The Hall–Kier alpha value is -5.04. The van der Waals surface area contributed by atoms with Crippen LogP contribution in [0, 0.1) is 0 Å². The number of aromatic nitrogens is 1. The predicted octanol–water partition coefficient (Wildman–Crippen LogP) is 7.46. The lowest BCUT2D eigenvalue weighted by atomic mass is 9.96. The van der Waals surface area contributed by atoms with Gasteiger partial charge in [0.15, 0.2) is 5.78 Å². The van der Waals surface area contributed by atoms with Crippen molar-refractivity contribution in [3.05, 3.63) is 102 Å². The van der Waals surface area contributed by atoms with Crippen LogP contribution in [0.4, 0.5) is 11.4 Å². The molecule has 39 heavy (non-hydrogen) atoms. The maximum atomic E-state index is 12.7. The fraction of sp³-hybridized carbons (Fsp3) is 0.125. The number of H-pyrrole nitrogens is 1. The van der Waals surface area contributed by atoms with E-state index in [9.17, 15) is 9.59 Å². The Morgan fingerprint density at radius 3 is 2.54 bits per heavy atom. The maximum Gasteiger partial charge on any atom is 0.303 e. The van der Waals surface area contributed by atoms with E-state index in [0.29, 0.717) is 17.7 Å². The van der Waals surface area contributed by atoms with Crippen LogP contribution in [0.15, 0.2) is 89.5 Å². The smallest absolute Gasteiger partial charge is 0.303 e. The first kappa shape index (κ1) is 24.3. The minimum Gasteiger partial charge on any atom is -0.494 e. The molecule has 0 radical (unpaired) electrons. The summed E-state index contributed by atoms with van der Waals surface area (Å²) in [6.07, 6.45) is 2.10. The topological polar surface area (TPSA) is 105 Å². The number of rotatable bonds is 9. The van der Waals surface area contributed by atoms with Crippen LogP contribution < -0.4 is 10.1 Å². The number of aromatic amines is 1. The largest absolute Gasteiger partial charge is 0.494 e. The molecule has 7 nitrogen and oxygen atoms in total. The molecule has 2 aromatic heterocycles. The van der Waals surface area contributed by atoms with Gasteiger partial charge >= 0.3 is 5.97 Å². The number of benzene rings is 4. The van der Waals surface area contributed by atoms with Crippen LogP contribution in [0.5, 0.6) is 5.75 Å². The first-order valence-electron chi connectivity index (χ1n) is 12.7. The second kappa shape index (κ2) is 10.0. The number of Topliss-reactive ketones (excluding diaryl/α,β-unsaturated/α-hetero) is 1. The van der Waals surface area contributed by atoms with Crippen molar-refractivity contribution in [3.8, 4) is 5.75 Å². The number of anilines is 2. The standard InChI is InChI=1S/C32H26N2O5/c1-38-30-17-29-23(22-6-2-3-8-28(22)39-29)16-26(30)34-21-11-9-19(10-12-21)15-20-5-4-7-25-32(20)24(18-33-25)27(35)13-14-31(36)37/h2-12,16-18,33-34H,13-15H2,1H3,(H,36,37). The Balaban J connectivity index is 1.26. The quantitative estimate of drug-likeness (QED) is 0.172. The molecule has 0 bridgehead atoms. The van der Waals surface area contributed by atoms with Gasteiger partial charge in [-0.1, -0.05) is 42.5 Å². The highest BCUT2D eigenvalue weighted by Crippen LogP contribution is 2.37. The van der Waals surface area contributed by atoms with Crippen LogP contribution in [0.25, 0.3) is 32.8 Å². The van der Waals surface area contributed by atoms with Gasteiger partial charge in [0.1, 0.15) is 16.9 Å². The lowest BCUT2D eigenvalue weighted by molar-refractivity contribution is -0.136. The SMILES string of the molecule is COc1cc2oc3ccccc3c2cc1Nc1ccc(Cc2cccc3[nH]cc(C(=O)CCC(=O)O)c23)cc1. The number of ether oxygens (including phenoxy) is 1. The zero-order valence-electron chi connectivity index (χ0n) is 21.3. The summed E-state index contributed by atoms with van der Waals surface area (Å²) in [4.78, 5) is 26.8. The highest BCUT2D eigenvalue weighted by Gasteiger charge is 2.17. The number of ketones is 1. The van der Waals surface area contributed by atoms with E-state index in [0.717, 1.165) is 55.3 Å². The molecule has 4 aromatic carbocycles. The molecule has 0 saturated heterocycles. The summed E-state index contributed by atoms with van der Waals surface area (Å²) in [6, 6.07) is 25.9. The molecule has 0 amide bonds. The number of methoxy groups -OCH3 is 1. The van der Waals surface area contributed by atoms with Gasteiger partial charge in [0.25, 0.3) is 0 Å². The zero-order valence-corrected chi connectivity index (χ0v) is 21.3. The first-order chi connectivity index (χ1) is 19.0. The van der Waals surface area contributed by atoms with Gasteiger partial charge in [-0.05, 0) is 47.9 Å². The van der Waals surface area contributed by atoms with E-state index in [1.54, 1.807) is 13.3 Å². The molecule has 194 valence electrons. The third-order valence-electron chi connectivity index (χ3n) is 6.98. The highest BCUT2D eigenvalue weighted by atomic mass is 16.5. The Kier molecular flexibility index (Phi) is 6.25. The van der Waals surface area contributed by atoms with Crippen LogP contribution in [0.2, 0.25) is 0 Å². The monoisotopic (exact) mass is 518 g/mol. The number of carboxylic acids is 1. The van der Waals surface area contributed by atoms with Gasteiger partial charge < -0.3 is 24.6 Å². The van der Waals surface area contributed by atoms with Gasteiger partial charge in [-0.2, -0.15) is 0 Å². The number of nitrogens with one attached hydrogen (secondary N) is 2. The summed E-state index contributed by atoms with van der Waals surface area (Å²) < 4.78 is 11.6. The number of hydrogen-bond acceptors (Lipinski definition) is 5. The molecule has 6 aromatic rings. The minimum absolute atomic E-state index is 0.0269. The Morgan fingerprint density at radius 2 is 1.74 bits per heavy atom. The molecule has 2 heterocycles. The molecule has 0 unspecified atom stereocenters. The Bertz CT molecular complexity index is 1850. The second-order valence-electron chi connectivity index (χ2n) is 9.50. The van der Waals surface area contributed by atoms with Gasteiger partial charge in [0.05, 0.1) is 19.2 Å². The van der Waals surface area contributed by atoms with Gasteiger partial charge in [-0.25, -0.2) is 0 Å². The molecular formula is C32H26N2O5. The van der Waals surface area contributed by atoms with E-state index in [1.807, 2.05) is 66.7 Å². The van der Waals surface area contributed by atoms with Crippen molar-refractivity contribution < 1.29 is 23.8 Å². The third kappa shape index (κ3) is 4.70. The van der Waals surface area contributed by atoms with E-state index in [2.05, 4.69) is 22.4 Å². The number of fused-ring (bicyclic) bond motifs is 4. The van der Waals surface area contributed by atoms with Crippen molar-refractivity contribution >= 4 is 56.0 Å². The summed E-state index contributed by atoms with van der Waals surface area (Å²) in [7, 11) is 1.64. The van der Waals surface area contributed by atoms with Crippen molar-refractivity contribution in [3.63, 3.8) is 0 Å². The summed E-state index contributed by atoms with van der Waals surface area (Å²) in [5.74, 6) is -0.468. The number of aliphatic carboxylic acids is 1. The Morgan fingerprint density at radius 1 is 0.923 bits per heavy atom. The van der Waals surface area contributed by atoms with Gasteiger partial charge in [-0.3, -0.25) is 9.59 Å². The van der Waals surface area contributed by atoms with Gasteiger partial charge in [0, 0.05) is 51.6 Å². The number of para-hydroxylation sites is 1. The second-order valence-corrected chi connectivity index (χ2v) is 9.50. The molecule has 7 heteroatoms. The minimum atomic E-state index is -0.979. The van der Waals surface area contributed by atoms with Crippen LogP contribution in [-0.2, 0) is 11.2 Å². The van der Waals surface area contributed by atoms with Gasteiger partial charge in [-0.15, -0.1) is 0 Å². The summed E-state index contributed by atoms with van der Waals surface area (Å²) >= 11 is 0. The molecule has 0 atom stereocenters. The van der Waals surface area contributed by atoms with Crippen molar-refractivity contribution in [2.45, 2.75) is 19.3 Å². The van der Waals surface area contributed by atoms with E-state index in [-0.39, 0.29) is 18.6 Å². The highest BCUT2D eigenvalue weighted by molar-refractivity contribution is 6.09. The molecule has 6 rings (SSSR count). The summed E-state index contributed by atoms with van der Waals surface area (Å²) in [6.45, 7) is 0. The maximum absolute atomic E-state index is 12.7. The molecule has 3 N–H and O–H groups in total. The number of furan rings is 1. The fourth-order valence-corrected chi connectivity index (χ4v) is 5.08. The zero-order chi connectivity index (χ0) is 26.9. The number of carbonyl (C=O) groups excluding carboxylic acids is 1. The number of hydrogen-bond donors (Lipinski definition) is 3. The predicted molar refractivity (Wildman–Crippen MR) is 152 cm³/mol. The van der Waals surface area contributed by atoms with Crippen molar-refractivity contribution in [1.82, 2.24) is 4.98 Å². The van der Waals surface area contributed by atoms with E-state index in [1.165, 1.54) is 0 Å². The summed E-state index contributed by atoms with van der Waals surface area (Å²) in [5, 5.41) is 15.3. The van der Waals surface area contributed by atoms with Crippen molar-refractivity contribution in [2.24, 2.45) is 0 Å². The molecular weight excluding hydrogens is 492 g/mol. The normalized spacial score (nSPS) is 11.3. The summed E-state index contributed by atoms with van der Waals surface area (Å²) in [5.41, 5.74) is 6.84. The van der Waals surface area contributed by atoms with E-state index < -0.39 is 5.97 Å². The lowest BCUT2D eigenvalue weighted by Crippen LogP contribution is -2.04. The van der Waals surface area contributed by atoms with E-state index >= 15 is 0 Å².